The molecule has 6 nitrogen and oxygen atoms in total. The third-order valence-electron chi connectivity index (χ3n) is 4.57. The maximum absolute atomic E-state index is 13.3. The summed E-state index contributed by atoms with van der Waals surface area (Å²) >= 11 is 0. The van der Waals surface area contributed by atoms with E-state index in [0.29, 0.717) is 5.69 Å². The highest BCUT2D eigenvalue weighted by atomic mass is 19.4. The molecule has 1 aliphatic heterocycles. The van der Waals surface area contributed by atoms with E-state index in [4.69, 9.17) is 0 Å². The molecule has 2 heterocycles. The highest BCUT2D eigenvalue weighted by molar-refractivity contribution is 5.97. The number of nitrogens with zero attached hydrogens (tertiary/aromatic N) is 3. The Morgan fingerprint density at radius 3 is 2.43 bits per heavy atom. The van der Waals surface area contributed by atoms with Crippen LogP contribution in [0.15, 0.2) is 54.6 Å². The molecular weight excluding hydrogens is 404 g/mol. The van der Waals surface area contributed by atoms with Crippen molar-refractivity contribution in [1.29, 1.82) is 0 Å². The van der Waals surface area contributed by atoms with Crippen molar-refractivity contribution >= 4 is 11.8 Å². The Balaban J connectivity index is 1.82. The number of hydrogen-bond acceptors (Lipinski definition) is 3. The lowest BCUT2D eigenvalue weighted by Crippen LogP contribution is -2.30. The molecule has 2 amide bonds. The zero-order valence-electron chi connectivity index (χ0n) is 15.3. The third kappa shape index (κ3) is 3.76. The van der Waals surface area contributed by atoms with E-state index in [-0.39, 0.29) is 36.1 Å². The number of nitrogens with one attached hydrogen (secondary N) is 1. The fraction of sp³-hybridized carbons (Fsp3) is 0.150. The summed E-state index contributed by atoms with van der Waals surface area (Å²) in [5.74, 6) is -1.37. The van der Waals surface area contributed by atoms with Gasteiger partial charge in [0.2, 0.25) is 5.91 Å². The van der Waals surface area contributed by atoms with Gasteiger partial charge in [0.05, 0.1) is 23.6 Å². The molecule has 4 rings (SSSR count). The number of benzene rings is 2. The number of rotatable bonds is 3. The lowest BCUT2D eigenvalue weighted by Gasteiger charge is -2.11. The van der Waals surface area contributed by atoms with Gasteiger partial charge in [-0.15, -0.1) is 0 Å². The molecule has 0 bridgehead atoms. The first kappa shape index (κ1) is 19.6. The van der Waals surface area contributed by atoms with E-state index >= 15 is 0 Å². The molecule has 0 atom stereocenters. The van der Waals surface area contributed by atoms with Crippen molar-refractivity contribution in [2.75, 3.05) is 13.2 Å². The van der Waals surface area contributed by atoms with E-state index in [2.05, 4.69) is 10.4 Å². The number of alkyl halides is 3. The largest absolute Gasteiger partial charge is 0.416 e. The van der Waals surface area contributed by atoms with Gasteiger partial charge in [-0.1, -0.05) is 12.1 Å². The first-order chi connectivity index (χ1) is 14.2. The van der Waals surface area contributed by atoms with Crippen LogP contribution < -0.4 is 5.32 Å². The number of carbonyl (C=O) groups is 2. The van der Waals surface area contributed by atoms with Gasteiger partial charge in [-0.25, -0.2) is 9.07 Å². The first-order valence-electron chi connectivity index (χ1n) is 8.82. The molecule has 154 valence electrons. The van der Waals surface area contributed by atoms with E-state index in [0.717, 1.165) is 12.1 Å². The Morgan fingerprint density at radius 1 is 1.07 bits per heavy atom. The first-order valence-corrected chi connectivity index (χ1v) is 8.82. The lowest BCUT2D eigenvalue weighted by atomic mass is 10.1. The molecule has 2 aromatic carbocycles. The van der Waals surface area contributed by atoms with E-state index < -0.39 is 23.5 Å². The molecule has 1 fully saturated rings. The maximum atomic E-state index is 13.3. The van der Waals surface area contributed by atoms with Gasteiger partial charge in [-0.3, -0.25) is 9.59 Å². The van der Waals surface area contributed by atoms with Crippen LogP contribution in [0.1, 0.15) is 16.1 Å². The Labute approximate surface area is 167 Å². The number of amides is 2. The zero-order chi connectivity index (χ0) is 21.5. The summed E-state index contributed by atoms with van der Waals surface area (Å²) in [4.78, 5) is 25.3. The van der Waals surface area contributed by atoms with Gasteiger partial charge in [0.15, 0.2) is 5.69 Å². The Morgan fingerprint density at radius 2 is 1.80 bits per heavy atom. The topological polar surface area (TPSA) is 67.2 Å². The lowest BCUT2D eigenvalue weighted by molar-refractivity contribution is -0.137. The Hall–Kier alpha value is -3.69. The van der Waals surface area contributed by atoms with Crippen LogP contribution >= 0.6 is 0 Å². The molecular formula is C20H14F4N4O2. The molecule has 1 saturated heterocycles. The number of carbonyl (C=O) groups excluding carboxylic acids is 2. The van der Waals surface area contributed by atoms with E-state index in [1.807, 2.05) is 0 Å². The van der Waals surface area contributed by atoms with Crippen LogP contribution in [0.3, 0.4) is 0 Å². The SMILES string of the molecule is O=C1CN(C(=O)c2cc(-c3cccc(C(F)(F)F)c3)n(-c3ccc(F)cc3)n2)CN1. The van der Waals surface area contributed by atoms with Gasteiger partial charge in [-0.2, -0.15) is 18.3 Å². The van der Waals surface area contributed by atoms with Crippen molar-refractivity contribution in [3.63, 3.8) is 0 Å². The molecule has 3 aromatic rings. The van der Waals surface area contributed by atoms with Gasteiger partial charge in [-0.05, 0) is 42.5 Å². The summed E-state index contributed by atoms with van der Waals surface area (Å²) in [5, 5.41) is 6.73. The van der Waals surface area contributed by atoms with Gasteiger partial charge in [0.1, 0.15) is 12.4 Å². The quantitative estimate of drug-likeness (QED) is 0.665. The van der Waals surface area contributed by atoms with Crippen LogP contribution in [0.25, 0.3) is 16.9 Å². The number of hydrogen-bond donors (Lipinski definition) is 1. The monoisotopic (exact) mass is 418 g/mol. The smallest absolute Gasteiger partial charge is 0.337 e. The van der Waals surface area contributed by atoms with Crippen molar-refractivity contribution in [3.05, 3.63) is 71.7 Å². The molecule has 0 radical (unpaired) electrons. The summed E-state index contributed by atoms with van der Waals surface area (Å²) in [6.07, 6.45) is -4.54. The van der Waals surface area contributed by atoms with E-state index in [1.54, 1.807) is 0 Å². The maximum Gasteiger partial charge on any atom is 0.416 e. The molecule has 0 saturated carbocycles. The minimum Gasteiger partial charge on any atom is -0.337 e. The summed E-state index contributed by atoms with van der Waals surface area (Å²) in [7, 11) is 0. The van der Waals surface area contributed by atoms with Crippen molar-refractivity contribution in [2.45, 2.75) is 6.18 Å². The average Bonchev–Trinajstić information content (AvgIpc) is 3.34. The Bertz CT molecular complexity index is 1120. The van der Waals surface area contributed by atoms with Crippen molar-refractivity contribution < 1.29 is 27.2 Å². The second-order valence-corrected chi connectivity index (χ2v) is 6.64. The Kier molecular flexibility index (Phi) is 4.76. The highest BCUT2D eigenvalue weighted by Gasteiger charge is 2.31. The molecule has 0 unspecified atom stereocenters. The number of aromatic nitrogens is 2. The molecule has 1 aromatic heterocycles. The average molecular weight is 418 g/mol. The van der Waals surface area contributed by atoms with Crippen LogP contribution in [0.4, 0.5) is 17.6 Å². The second-order valence-electron chi connectivity index (χ2n) is 6.64. The van der Waals surface area contributed by atoms with Crippen molar-refractivity contribution in [3.8, 4) is 16.9 Å². The van der Waals surface area contributed by atoms with Gasteiger partial charge >= 0.3 is 6.18 Å². The predicted octanol–water partition coefficient (Wildman–Crippen LogP) is 3.23. The summed E-state index contributed by atoms with van der Waals surface area (Å²) in [6.45, 7) is -0.124. The van der Waals surface area contributed by atoms with Gasteiger partial charge in [0.25, 0.3) is 5.91 Å². The normalized spacial score (nSPS) is 14.1. The van der Waals surface area contributed by atoms with Crippen molar-refractivity contribution in [1.82, 2.24) is 20.0 Å². The van der Waals surface area contributed by atoms with Crippen LogP contribution in [0, 0.1) is 5.82 Å². The summed E-state index contributed by atoms with van der Waals surface area (Å²) in [5.41, 5.74) is -0.151. The van der Waals surface area contributed by atoms with E-state index in [9.17, 15) is 27.2 Å². The molecule has 0 spiro atoms. The fourth-order valence-corrected chi connectivity index (χ4v) is 3.10. The van der Waals surface area contributed by atoms with Gasteiger partial charge in [0, 0.05) is 5.56 Å². The zero-order valence-corrected chi connectivity index (χ0v) is 15.3. The predicted molar refractivity (Wildman–Crippen MR) is 98.0 cm³/mol. The van der Waals surface area contributed by atoms with Crippen LogP contribution in [0.5, 0.6) is 0 Å². The van der Waals surface area contributed by atoms with E-state index in [1.165, 1.54) is 52.0 Å². The van der Waals surface area contributed by atoms with Gasteiger partial charge < -0.3 is 10.2 Å². The van der Waals surface area contributed by atoms with Crippen LogP contribution in [-0.2, 0) is 11.0 Å². The molecule has 10 heteroatoms. The fourth-order valence-electron chi connectivity index (χ4n) is 3.10. The summed E-state index contributed by atoms with van der Waals surface area (Å²) < 4.78 is 54.1. The second kappa shape index (κ2) is 7.29. The molecule has 1 N–H and O–H groups in total. The molecule has 0 aliphatic carbocycles. The minimum atomic E-state index is -4.54. The number of halogens is 4. The molecule has 30 heavy (non-hydrogen) atoms. The summed E-state index contributed by atoms with van der Waals surface area (Å²) in [6, 6.07) is 11.1. The molecule has 1 aliphatic rings. The minimum absolute atomic E-state index is 0.0139. The van der Waals surface area contributed by atoms with Crippen LogP contribution in [0.2, 0.25) is 0 Å². The standard InChI is InChI=1S/C20H14F4N4O2/c21-14-4-6-15(7-5-14)28-17(12-2-1-3-13(8-12)20(22,23)24)9-16(26-28)19(30)27-10-18(29)25-11-27/h1-9H,10-11H2,(H,25,29). The van der Waals surface area contributed by atoms with Crippen LogP contribution in [-0.4, -0.2) is 39.7 Å². The highest BCUT2D eigenvalue weighted by Crippen LogP contribution is 2.33. The third-order valence-corrected chi connectivity index (χ3v) is 4.57. The van der Waals surface area contributed by atoms with Crippen molar-refractivity contribution in [2.24, 2.45) is 0 Å².